The topological polar surface area (TPSA) is 87.9 Å². The fraction of sp³-hybridized carbons (Fsp3) is 0.625. The first-order valence-electron chi connectivity index (χ1n) is 4.50. The average Bonchev–Trinajstić information content (AvgIpc) is 2.68. The molecule has 1 atom stereocenters. The van der Waals surface area contributed by atoms with Gasteiger partial charge in [-0.2, -0.15) is 5.10 Å². The lowest BCUT2D eigenvalue weighted by Gasteiger charge is -2.18. The highest BCUT2D eigenvalue weighted by Crippen LogP contribution is 1.98. The fourth-order valence-electron chi connectivity index (χ4n) is 1.07. The van der Waals surface area contributed by atoms with Gasteiger partial charge < -0.3 is 10.6 Å². The number of nitrogens with zero attached hydrogens (tertiary/aromatic N) is 3. The van der Waals surface area contributed by atoms with Crippen LogP contribution in [0.15, 0.2) is 6.33 Å². The summed E-state index contributed by atoms with van der Waals surface area (Å²) in [6, 6.07) is -0.428. The van der Waals surface area contributed by atoms with Crippen LogP contribution in [0.3, 0.4) is 0 Å². The summed E-state index contributed by atoms with van der Waals surface area (Å²) in [6.45, 7) is 2.29. The van der Waals surface area contributed by atoms with Crippen LogP contribution in [0.5, 0.6) is 0 Å². The van der Waals surface area contributed by atoms with Crippen LogP contribution >= 0.6 is 0 Å². The van der Waals surface area contributed by atoms with Gasteiger partial charge in [-0.3, -0.25) is 9.89 Å². The third kappa shape index (κ3) is 2.53. The number of rotatable bonds is 4. The van der Waals surface area contributed by atoms with Crippen molar-refractivity contribution in [2.45, 2.75) is 25.9 Å². The van der Waals surface area contributed by atoms with Gasteiger partial charge in [-0.05, 0) is 6.42 Å². The van der Waals surface area contributed by atoms with Crippen molar-refractivity contribution in [1.29, 1.82) is 0 Å². The molecule has 0 fully saturated rings. The smallest absolute Gasteiger partial charge is 0.239 e. The van der Waals surface area contributed by atoms with Gasteiger partial charge in [-0.1, -0.05) is 6.92 Å². The van der Waals surface area contributed by atoms with Crippen molar-refractivity contribution in [3.05, 3.63) is 12.2 Å². The van der Waals surface area contributed by atoms with E-state index in [4.69, 9.17) is 5.73 Å². The van der Waals surface area contributed by atoms with Gasteiger partial charge in [0.25, 0.3) is 0 Å². The molecule has 1 unspecified atom stereocenters. The molecule has 0 aromatic carbocycles. The highest BCUT2D eigenvalue weighted by Gasteiger charge is 2.16. The molecule has 0 radical (unpaired) electrons. The van der Waals surface area contributed by atoms with Crippen molar-refractivity contribution in [3.8, 4) is 0 Å². The van der Waals surface area contributed by atoms with Gasteiger partial charge >= 0.3 is 0 Å². The Morgan fingerprint density at radius 1 is 1.79 bits per heavy atom. The number of aromatic amines is 1. The predicted octanol–water partition coefficient (Wildman–Crippen LogP) is -0.500. The van der Waals surface area contributed by atoms with Gasteiger partial charge in [-0.15, -0.1) is 0 Å². The molecule has 0 saturated heterocycles. The first kappa shape index (κ1) is 10.6. The van der Waals surface area contributed by atoms with Crippen LogP contribution in [0.25, 0.3) is 0 Å². The van der Waals surface area contributed by atoms with Crippen LogP contribution in [0, 0.1) is 0 Å². The third-order valence-corrected chi connectivity index (χ3v) is 1.99. The molecule has 1 rings (SSSR count). The largest absolute Gasteiger partial charge is 0.337 e. The molecule has 1 aromatic heterocycles. The summed E-state index contributed by atoms with van der Waals surface area (Å²) in [7, 11) is 1.69. The van der Waals surface area contributed by atoms with Gasteiger partial charge in [0.1, 0.15) is 12.2 Å². The van der Waals surface area contributed by atoms with Crippen LogP contribution in [-0.2, 0) is 11.3 Å². The van der Waals surface area contributed by atoms with Crippen LogP contribution in [-0.4, -0.2) is 39.1 Å². The van der Waals surface area contributed by atoms with Gasteiger partial charge in [0.05, 0.1) is 12.6 Å². The number of carbonyl (C=O) groups is 1. The number of H-pyrrole nitrogens is 1. The van der Waals surface area contributed by atoms with E-state index in [9.17, 15) is 4.79 Å². The second-order valence-corrected chi connectivity index (χ2v) is 3.14. The summed E-state index contributed by atoms with van der Waals surface area (Å²) < 4.78 is 0. The quantitative estimate of drug-likeness (QED) is 0.681. The molecule has 14 heavy (non-hydrogen) atoms. The van der Waals surface area contributed by atoms with Crippen molar-refractivity contribution in [2.75, 3.05) is 7.05 Å². The Bertz CT molecular complexity index is 284. The monoisotopic (exact) mass is 197 g/mol. The summed E-state index contributed by atoms with van der Waals surface area (Å²) in [5.74, 6) is 0.577. The van der Waals surface area contributed by atoms with E-state index in [1.165, 1.54) is 11.2 Å². The number of amides is 1. The minimum Gasteiger partial charge on any atom is -0.337 e. The molecular weight excluding hydrogens is 182 g/mol. The van der Waals surface area contributed by atoms with Crippen molar-refractivity contribution in [3.63, 3.8) is 0 Å². The molecule has 78 valence electrons. The maximum atomic E-state index is 11.5. The summed E-state index contributed by atoms with van der Waals surface area (Å²) in [4.78, 5) is 17.0. The molecule has 0 spiro atoms. The van der Waals surface area contributed by atoms with E-state index in [-0.39, 0.29) is 5.91 Å². The highest BCUT2D eigenvalue weighted by atomic mass is 16.2. The van der Waals surface area contributed by atoms with Gasteiger partial charge in [0.2, 0.25) is 5.91 Å². The van der Waals surface area contributed by atoms with E-state index in [0.29, 0.717) is 18.8 Å². The molecule has 1 amide bonds. The molecule has 0 bridgehead atoms. The molecule has 0 saturated carbocycles. The fourth-order valence-corrected chi connectivity index (χ4v) is 1.07. The molecule has 6 heteroatoms. The van der Waals surface area contributed by atoms with Gasteiger partial charge in [-0.25, -0.2) is 4.98 Å². The summed E-state index contributed by atoms with van der Waals surface area (Å²) >= 11 is 0. The lowest BCUT2D eigenvalue weighted by Crippen LogP contribution is -2.41. The summed E-state index contributed by atoms with van der Waals surface area (Å²) in [5, 5.41) is 6.38. The number of hydrogen-bond donors (Lipinski definition) is 2. The van der Waals surface area contributed by atoms with Gasteiger partial charge in [0, 0.05) is 7.05 Å². The second-order valence-electron chi connectivity index (χ2n) is 3.14. The third-order valence-electron chi connectivity index (χ3n) is 1.99. The summed E-state index contributed by atoms with van der Waals surface area (Å²) in [5.41, 5.74) is 5.61. The van der Waals surface area contributed by atoms with Crippen molar-refractivity contribution < 1.29 is 4.79 Å². The Morgan fingerprint density at radius 3 is 3.00 bits per heavy atom. The zero-order chi connectivity index (χ0) is 10.6. The second kappa shape index (κ2) is 4.71. The normalized spacial score (nSPS) is 12.5. The van der Waals surface area contributed by atoms with E-state index in [2.05, 4.69) is 15.2 Å². The minimum atomic E-state index is -0.428. The Balaban J connectivity index is 2.50. The summed E-state index contributed by atoms with van der Waals surface area (Å²) in [6.07, 6.45) is 2.05. The van der Waals surface area contributed by atoms with Crippen LogP contribution in [0.4, 0.5) is 0 Å². The van der Waals surface area contributed by atoms with Crippen LogP contribution < -0.4 is 5.73 Å². The number of carbonyl (C=O) groups excluding carboxylic acids is 1. The highest BCUT2D eigenvalue weighted by molar-refractivity contribution is 5.81. The Morgan fingerprint density at radius 2 is 2.50 bits per heavy atom. The van der Waals surface area contributed by atoms with Crippen molar-refractivity contribution in [1.82, 2.24) is 20.1 Å². The SMILES string of the molecule is CCC(N)C(=O)N(C)Cc1ncn[nH]1. The molecule has 1 heterocycles. The Hall–Kier alpha value is -1.43. The number of likely N-dealkylation sites (N-methyl/N-ethyl adjacent to an activating group) is 1. The minimum absolute atomic E-state index is 0.0797. The number of nitrogens with two attached hydrogens (primary N) is 1. The maximum absolute atomic E-state index is 11.5. The standard InChI is InChI=1S/C8H15N5O/c1-3-6(9)8(14)13(2)4-7-10-5-11-12-7/h5-6H,3-4,9H2,1-2H3,(H,10,11,12). The molecule has 3 N–H and O–H groups in total. The lowest BCUT2D eigenvalue weighted by molar-refractivity contribution is -0.131. The van der Waals surface area contributed by atoms with Crippen LogP contribution in [0.2, 0.25) is 0 Å². The molecule has 1 aromatic rings. The molecule has 0 aliphatic carbocycles. The molecular formula is C8H15N5O. The van der Waals surface area contributed by atoms with Gasteiger partial charge in [0.15, 0.2) is 0 Å². The molecule has 0 aliphatic rings. The number of aromatic nitrogens is 3. The van der Waals surface area contributed by atoms with E-state index in [1.54, 1.807) is 7.05 Å². The van der Waals surface area contributed by atoms with E-state index in [0.717, 1.165) is 0 Å². The van der Waals surface area contributed by atoms with E-state index in [1.807, 2.05) is 6.92 Å². The zero-order valence-electron chi connectivity index (χ0n) is 8.40. The van der Waals surface area contributed by atoms with Crippen molar-refractivity contribution >= 4 is 5.91 Å². The molecule has 0 aliphatic heterocycles. The Kier molecular flexibility index (Phi) is 3.58. The predicted molar refractivity (Wildman–Crippen MR) is 51.1 cm³/mol. The first-order valence-corrected chi connectivity index (χ1v) is 4.50. The zero-order valence-corrected chi connectivity index (χ0v) is 8.40. The average molecular weight is 197 g/mol. The lowest BCUT2D eigenvalue weighted by atomic mass is 10.2. The Labute approximate surface area is 82.5 Å². The molecule has 6 nitrogen and oxygen atoms in total. The maximum Gasteiger partial charge on any atom is 0.239 e. The van der Waals surface area contributed by atoms with Crippen LogP contribution in [0.1, 0.15) is 19.2 Å². The van der Waals surface area contributed by atoms with Crippen molar-refractivity contribution in [2.24, 2.45) is 5.73 Å². The number of hydrogen-bond acceptors (Lipinski definition) is 4. The van der Waals surface area contributed by atoms with E-state index < -0.39 is 6.04 Å². The van der Waals surface area contributed by atoms with E-state index >= 15 is 0 Å². The number of nitrogens with one attached hydrogen (secondary N) is 1. The first-order chi connectivity index (χ1) is 6.65.